The average Bonchev–Trinajstić information content (AvgIpc) is 2.31. The van der Waals surface area contributed by atoms with Crippen LogP contribution in [0, 0.1) is 0 Å². The molecule has 2 unspecified atom stereocenters. The van der Waals surface area contributed by atoms with Gasteiger partial charge in [-0.15, -0.1) is 0 Å². The standard InChI is InChI=1S/2C5H11O4P.Ca/c2*1-9-5(6)3-4-10(2,7)8;/h2*3-4H2,1-2H3,(H,7,8);/q;;+2/p-2. The summed E-state index contributed by atoms with van der Waals surface area (Å²) in [6.45, 7) is 2.21. The van der Waals surface area contributed by atoms with Crippen LogP contribution >= 0.6 is 14.7 Å². The molecule has 2 atom stereocenters. The van der Waals surface area contributed by atoms with Gasteiger partial charge < -0.3 is 28.4 Å². The third-order valence-corrected chi connectivity index (χ3v) is 3.97. The first-order chi connectivity index (χ1) is 8.91. The molecule has 0 fully saturated rings. The van der Waals surface area contributed by atoms with Crippen LogP contribution in [0.3, 0.4) is 0 Å². The minimum absolute atomic E-state index is 0. The SMILES string of the molecule is COC(=O)CCP(C)(=O)[O-].COC(=O)CCP(C)(=O)[O-].[Ca+2]. The molecule has 0 aromatic heterocycles. The summed E-state index contributed by atoms with van der Waals surface area (Å²) in [5.41, 5.74) is 0. The molecule has 0 saturated carbocycles. The number of hydrogen-bond donors (Lipinski definition) is 0. The summed E-state index contributed by atoms with van der Waals surface area (Å²) >= 11 is 0. The van der Waals surface area contributed by atoms with Gasteiger partial charge in [0.2, 0.25) is 0 Å². The van der Waals surface area contributed by atoms with Crippen LogP contribution in [0.2, 0.25) is 0 Å². The summed E-state index contributed by atoms with van der Waals surface area (Å²) in [6.07, 6.45) is -0.319. The quantitative estimate of drug-likeness (QED) is 0.339. The van der Waals surface area contributed by atoms with Gasteiger partial charge in [-0.2, -0.15) is 0 Å². The van der Waals surface area contributed by atoms with Crippen molar-refractivity contribution in [3.63, 3.8) is 0 Å². The van der Waals surface area contributed by atoms with Gasteiger partial charge in [0.05, 0.1) is 27.1 Å². The Hall–Kier alpha value is 0.580. The van der Waals surface area contributed by atoms with E-state index in [1.54, 1.807) is 0 Å². The van der Waals surface area contributed by atoms with E-state index in [1.807, 2.05) is 0 Å². The number of carbonyl (C=O) groups is 2. The Balaban J connectivity index is -0.000000295. The minimum atomic E-state index is -3.28. The molecule has 0 aromatic rings. The van der Waals surface area contributed by atoms with E-state index in [2.05, 4.69) is 9.47 Å². The second-order valence-corrected chi connectivity index (χ2v) is 9.08. The molecule has 0 aliphatic carbocycles. The van der Waals surface area contributed by atoms with E-state index in [1.165, 1.54) is 14.2 Å². The van der Waals surface area contributed by atoms with E-state index < -0.39 is 26.7 Å². The van der Waals surface area contributed by atoms with E-state index in [0.29, 0.717) is 0 Å². The number of ether oxygens (including phenoxy) is 2. The van der Waals surface area contributed by atoms with E-state index in [-0.39, 0.29) is 62.9 Å². The molecule has 0 N–H and O–H groups in total. The number of methoxy groups -OCH3 is 2. The number of hydrogen-bond acceptors (Lipinski definition) is 8. The van der Waals surface area contributed by atoms with Crippen LogP contribution in [0.25, 0.3) is 0 Å². The first-order valence-corrected chi connectivity index (χ1v) is 10.1. The maximum absolute atomic E-state index is 10.5. The third-order valence-electron chi connectivity index (χ3n) is 1.90. The molecule has 0 radical (unpaired) electrons. The van der Waals surface area contributed by atoms with E-state index >= 15 is 0 Å². The number of esters is 2. The van der Waals surface area contributed by atoms with Gasteiger partial charge in [-0.25, -0.2) is 0 Å². The van der Waals surface area contributed by atoms with Crippen LogP contribution in [0.15, 0.2) is 0 Å². The topological polar surface area (TPSA) is 133 Å². The van der Waals surface area contributed by atoms with E-state index in [4.69, 9.17) is 0 Å². The largest absolute Gasteiger partial charge is 2.00 e. The fourth-order valence-corrected chi connectivity index (χ4v) is 1.97. The normalized spacial score (nSPS) is 15.1. The van der Waals surface area contributed by atoms with Gasteiger partial charge in [0.25, 0.3) is 0 Å². The number of carbonyl (C=O) groups excluding carboxylic acids is 2. The predicted molar refractivity (Wildman–Crippen MR) is 75.8 cm³/mol. The molecule has 0 amide bonds. The molecule has 11 heteroatoms. The van der Waals surface area contributed by atoms with Crippen LogP contribution in [0.1, 0.15) is 12.8 Å². The molecular weight excluding hydrogens is 350 g/mol. The first-order valence-electron chi connectivity index (χ1n) is 5.60. The molecule has 0 rings (SSSR count). The Morgan fingerprint density at radius 1 is 0.857 bits per heavy atom. The first kappa shape index (κ1) is 26.5. The summed E-state index contributed by atoms with van der Waals surface area (Å²) in [7, 11) is -4.11. The maximum Gasteiger partial charge on any atom is 2.00 e. The van der Waals surface area contributed by atoms with Crippen molar-refractivity contribution in [2.45, 2.75) is 12.8 Å². The van der Waals surface area contributed by atoms with Crippen LogP contribution in [-0.2, 0) is 28.2 Å². The van der Waals surface area contributed by atoms with Crippen LogP contribution < -0.4 is 9.79 Å². The molecule has 8 nitrogen and oxygen atoms in total. The average molecular weight is 370 g/mol. The second kappa shape index (κ2) is 13.1. The molecule has 0 aliphatic heterocycles. The van der Waals surface area contributed by atoms with Gasteiger partial charge in [0.1, 0.15) is 0 Å². The van der Waals surface area contributed by atoms with Crippen LogP contribution in [0.4, 0.5) is 0 Å². The van der Waals surface area contributed by atoms with Crippen molar-refractivity contribution in [1.29, 1.82) is 0 Å². The van der Waals surface area contributed by atoms with Crippen molar-refractivity contribution in [2.75, 3.05) is 39.9 Å². The predicted octanol–water partition coefficient (Wildman–Crippen LogP) is -0.745. The Kier molecular flexibility index (Phi) is 16.5. The molecule has 0 aliphatic rings. The summed E-state index contributed by atoms with van der Waals surface area (Å²) in [4.78, 5) is 41.7. The third kappa shape index (κ3) is 25.8. The van der Waals surface area contributed by atoms with Gasteiger partial charge in [-0.05, 0) is 25.7 Å². The number of rotatable bonds is 6. The van der Waals surface area contributed by atoms with Crippen molar-refractivity contribution < 1.29 is 38.0 Å². The van der Waals surface area contributed by atoms with Crippen molar-refractivity contribution >= 4 is 64.4 Å². The summed E-state index contributed by atoms with van der Waals surface area (Å²) < 4.78 is 29.4. The molecule has 0 aromatic carbocycles. The molecular formula is C10H20CaO8P2. The summed E-state index contributed by atoms with van der Waals surface area (Å²) in [6, 6.07) is 0. The molecule has 21 heavy (non-hydrogen) atoms. The molecule has 0 bridgehead atoms. The molecule has 120 valence electrons. The van der Waals surface area contributed by atoms with E-state index in [0.717, 1.165) is 13.3 Å². The zero-order valence-corrected chi connectivity index (χ0v) is 16.7. The zero-order valence-electron chi connectivity index (χ0n) is 12.7. The smallest absolute Gasteiger partial charge is 0.799 e. The Morgan fingerprint density at radius 3 is 1.24 bits per heavy atom. The zero-order chi connectivity index (χ0) is 16.4. The Bertz CT molecular complexity index is 362. The van der Waals surface area contributed by atoms with Gasteiger partial charge in [0, 0.05) is 14.7 Å². The van der Waals surface area contributed by atoms with Gasteiger partial charge >= 0.3 is 49.7 Å². The van der Waals surface area contributed by atoms with Crippen molar-refractivity contribution in [2.24, 2.45) is 0 Å². The van der Waals surface area contributed by atoms with Crippen LogP contribution in [-0.4, -0.2) is 89.5 Å². The molecule has 0 spiro atoms. The van der Waals surface area contributed by atoms with Crippen molar-refractivity contribution in [3.8, 4) is 0 Å². The molecule has 0 heterocycles. The van der Waals surface area contributed by atoms with Gasteiger partial charge in [-0.3, -0.25) is 9.59 Å². The van der Waals surface area contributed by atoms with Gasteiger partial charge in [0.15, 0.2) is 0 Å². The monoisotopic (exact) mass is 370 g/mol. The summed E-state index contributed by atoms with van der Waals surface area (Å²) in [5, 5.41) is 0. The fourth-order valence-electron chi connectivity index (χ4n) is 0.793. The second-order valence-electron chi connectivity index (χ2n) is 4.13. The maximum atomic E-state index is 10.5. The Morgan fingerprint density at radius 2 is 1.10 bits per heavy atom. The fraction of sp³-hybridized carbons (Fsp3) is 0.800. The minimum Gasteiger partial charge on any atom is -0.799 e. The van der Waals surface area contributed by atoms with Crippen LogP contribution in [0.5, 0.6) is 0 Å². The molecule has 0 saturated heterocycles. The van der Waals surface area contributed by atoms with Crippen molar-refractivity contribution in [3.05, 3.63) is 0 Å². The van der Waals surface area contributed by atoms with Gasteiger partial charge in [-0.1, -0.05) is 0 Å². The summed E-state index contributed by atoms with van der Waals surface area (Å²) in [5.74, 6) is -0.976. The van der Waals surface area contributed by atoms with E-state index in [9.17, 15) is 28.5 Å². The Labute approximate surface area is 154 Å². The van der Waals surface area contributed by atoms with Crippen molar-refractivity contribution in [1.82, 2.24) is 0 Å².